The first-order valence-electron chi connectivity index (χ1n) is 15.3. The van der Waals surface area contributed by atoms with E-state index in [0.29, 0.717) is 62.8 Å². The van der Waals surface area contributed by atoms with Gasteiger partial charge in [-0.1, -0.05) is 24.3 Å². The van der Waals surface area contributed by atoms with Gasteiger partial charge in [-0.2, -0.15) is 9.40 Å². The van der Waals surface area contributed by atoms with Crippen molar-refractivity contribution in [3.8, 4) is 16.9 Å². The lowest BCUT2D eigenvalue weighted by Gasteiger charge is -2.16. The normalized spacial score (nSPS) is 15.1. The summed E-state index contributed by atoms with van der Waals surface area (Å²) in [5.74, 6) is -1.00. The molecule has 0 saturated carbocycles. The summed E-state index contributed by atoms with van der Waals surface area (Å²) in [7, 11) is -0.435. The Morgan fingerprint density at radius 1 is 0.978 bits per heavy atom. The van der Waals surface area contributed by atoms with Crippen LogP contribution in [0.15, 0.2) is 48.5 Å². The lowest BCUT2D eigenvalue weighted by molar-refractivity contribution is 0.0512. The number of rotatable bonds is 7. The molecule has 0 bridgehead atoms. The number of sulfonamides is 1. The number of nitrogens with zero attached hydrogens (tertiary/aromatic N) is 4. The van der Waals surface area contributed by atoms with Crippen LogP contribution in [-0.2, 0) is 41.3 Å². The van der Waals surface area contributed by atoms with Gasteiger partial charge in [0.25, 0.3) is 0 Å². The molecule has 6 rings (SSSR count). The third-order valence-corrected chi connectivity index (χ3v) is 10.6. The minimum Gasteiger partial charge on any atom is -0.493 e. The fourth-order valence-corrected chi connectivity index (χ4v) is 7.54. The van der Waals surface area contributed by atoms with Gasteiger partial charge in [0.1, 0.15) is 23.1 Å². The molecule has 3 heterocycles. The number of benzene rings is 3. The van der Waals surface area contributed by atoms with Gasteiger partial charge in [0.2, 0.25) is 10.0 Å². The van der Waals surface area contributed by atoms with E-state index in [-0.39, 0.29) is 55.6 Å². The molecule has 0 atom stereocenters. The zero-order valence-electron chi connectivity index (χ0n) is 26.3. The van der Waals surface area contributed by atoms with Crippen molar-refractivity contribution in [2.75, 3.05) is 26.0 Å². The molecule has 242 valence electrons. The Labute approximate surface area is 266 Å². The molecule has 3 aromatic carbocycles. The van der Waals surface area contributed by atoms with Gasteiger partial charge in [-0.25, -0.2) is 22.0 Å². The molecular weight excluding hydrogens is 614 g/mol. The largest absolute Gasteiger partial charge is 0.493 e. The van der Waals surface area contributed by atoms with Gasteiger partial charge in [0.05, 0.1) is 36.7 Å². The first kappa shape index (κ1) is 31.7. The van der Waals surface area contributed by atoms with Gasteiger partial charge in [-0.15, -0.1) is 0 Å². The second kappa shape index (κ2) is 12.5. The predicted molar refractivity (Wildman–Crippen MR) is 172 cm³/mol. The maximum Gasteiger partial charge on any atom is 0.355 e. The molecule has 2 aromatic heterocycles. The number of esters is 1. The summed E-state index contributed by atoms with van der Waals surface area (Å²) < 4.78 is 73.1. The summed E-state index contributed by atoms with van der Waals surface area (Å²) in [6, 6.07) is 13.1. The number of carbonyl (C=O) groups excluding carboxylic acids is 1. The molecule has 46 heavy (non-hydrogen) atoms. The van der Waals surface area contributed by atoms with Crippen LogP contribution in [0.4, 0.5) is 8.78 Å². The highest BCUT2D eigenvalue weighted by Gasteiger charge is 2.32. The fourth-order valence-electron chi connectivity index (χ4n) is 6.41. The quantitative estimate of drug-likeness (QED) is 0.155. The van der Waals surface area contributed by atoms with Crippen molar-refractivity contribution in [2.24, 2.45) is 7.05 Å². The Bertz CT molecular complexity index is 2090. The highest BCUT2D eigenvalue weighted by atomic mass is 32.2. The Hall–Kier alpha value is -4.29. The first-order valence-corrected chi connectivity index (χ1v) is 16.9. The first-order chi connectivity index (χ1) is 22.0. The summed E-state index contributed by atoms with van der Waals surface area (Å²) in [6.45, 7) is 4.06. The van der Waals surface area contributed by atoms with Gasteiger partial charge in [0.15, 0.2) is 0 Å². The second-order valence-electron chi connectivity index (χ2n) is 11.5. The van der Waals surface area contributed by atoms with E-state index in [2.05, 4.69) is 5.10 Å². The van der Waals surface area contributed by atoms with Crippen LogP contribution in [0.1, 0.15) is 47.2 Å². The second-order valence-corrected chi connectivity index (χ2v) is 13.7. The molecule has 0 spiro atoms. The zero-order valence-corrected chi connectivity index (χ0v) is 27.1. The monoisotopic (exact) mass is 650 g/mol. The fraction of sp³-hybridized carbons (Fsp3) is 0.353. The minimum absolute atomic E-state index is 0.0249. The van der Waals surface area contributed by atoms with E-state index in [1.54, 1.807) is 53.6 Å². The molecule has 0 aliphatic carbocycles. The summed E-state index contributed by atoms with van der Waals surface area (Å²) >= 11 is 0. The third kappa shape index (κ3) is 5.53. The third-order valence-electron chi connectivity index (χ3n) is 8.69. The van der Waals surface area contributed by atoms with Gasteiger partial charge in [-0.05, 0) is 62.9 Å². The molecule has 0 fully saturated rings. The number of hydrogen-bond acceptors (Lipinski definition) is 6. The molecule has 0 amide bonds. The van der Waals surface area contributed by atoms with E-state index in [1.807, 2.05) is 13.0 Å². The number of halogens is 2. The highest BCUT2D eigenvalue weighted by molar-refractivity contribution is 7.89. The molecule has 5 aromatic rings. The smallest absolute Gasteiger partial charge is 0.355 e. The maximum atomic E-state index is 16.1. The van der Waals surface area contributed by atoms with Crippen molar-refractivity contribution in [2.45, 2.75) is 46.2 Å². The van der Waals surface area contributed by atoms with Crippen molar-refractivity contribution in [1.29, 1.82) is 0 Å². The number of hydrogen-bond donors (Lipinski definition) is 0. The lowest BCUT2D eigenvalue weighted by Crippen LogP contribution is -2.29. The molecule has 12 heteroatoms. The van der Waals surface area contributed by atoms with Crippen molar-refractivity contribution in [3.63, 3.8) is 0 Å². The molecule has 0 N–H and O–H groups in total. The van der Waals surface area contributed by atoms with E-state index >= 15 is 4.39 Å². The van der Waals surface area contributed by atoms with Crippen molar-refractivity contribution in [3.05, 3.63) is 82.8 Å². The standard InChI is InChI=1S/C34H36F2N4O5S/c1-5-44-34(41)33-24(12-8-18-45-29-16-15-26(35)22-10-6-7-11-23(22)29)25-13-14-27(36)31-30-21(2)39(4)37-28(30)20-38(3)46(42,43)19-9-17-40(33)32(25)31/h6-7,10-11,13-16H,5,8-9,12,17-20H2,1-4H3. The Kier molecular flexibility index (Phi) is 8.60. The summed E-state index contributed by atoms with van der Waals surface area (Å²) in [4.78, 5) is 13.6. The predicted octanol–water partition coefficient (Wildman–Crippen LogP) is 6.14. The molecular formula is C34H36F2N4O5S. The van der Waals surface area contributed by atoms with Crippen LogP contribution in [-0.4, -0.2) is 59.1 Å². The molecule has 0 radical (unpaired) electrons. The molecule has 9 nitrogen and oxygen atoms in total. The number of carbonyl (C=O) groups is 1. The van der Waals surface area contributed by atoms with Gasteiger partial charge in [0, 0.05) is 53.6 Å². The Balaban J connectivity index is 1.47. The van der Waals surface area contributed by atoms with Gasteiger partial charge < -0.3 is 14.0 Å². The molecule has 1 aliphatic rings. The van der Waals surface area contributed by atoms with Gasteiger partial charge >= 0.3 is 5.97 Å². The van der Waals surface area contributed by atoms with Crippen LogP contribution in [0.25, 0.3) is 32.8 Å². The van der Waals surface area contributed by atoms with Gasteiger partial charge in [-0.3, -0.25) is 4.68 Å². The van der Waals surface area contributed by atoms with Crippen LogP contribution in [0.3, 0.4) is 0 Å². The Morgan fingerprint density at radius 2 is 1.72 bits per heavy atom. The average Bonchev–Trinajstić information content (AvgIpc) is 3.48. The minimum atomic E-state index is -3.67. The van der Waals surface area contributed by atoms with Crippen LogP contribution in [0, 0.1) is 18.6 Å². The molecule has 0 unspecified atom stereocenters. The van der Waals surface area contributed by atoms with Crippen LogP contribution < -0.4 is 4.74 Å². The van der Waals surface area contributed by atoms with Crippen molar-refractivity contribution in [1.82, 2.24) is 18.7 Å². The number of ether oxygens (including phenoxy) is 2. The summed E-state index contributed by atoms with van der Waals surface area (Å²) in [6.07, 6.45) is 1.07. The average molecular weight is 651 g/mol. The molecule has 0 saturated heterocycles. The number of aromatic nitrogens is 3. The summed E-state index contributed by atoms with van der Waals surface area (Å²) in [5.41, 5.74) is 3.30. The Morgan fingerprint density at radius 3 is 2.48 bits per heavy atom. The van der Waals surface area contributed by atoms with Crippen LogP contribution >= 0.6 is 0 Å². The van der Waals surface area contributed by atoms with Crippen molar-refractivity contribution >= 4 is 37.7 Å². The van der Waals surface area contributed by atoms with E-state index in [0.717, 1.165) is 0 Å². The summed E-state index contributed by atoms with van der Waals surface area (Å²) in [5, 5.41) is 6.39. The zero-order chi connectivity index (χ0) is 32.7. The number of aryl methyl sites for hydroxylation is 3. The topological polar surface area (TPSA) is 95.7 Å². The van der Waals surface area contributed by atoms with Crippen molar-refractivity contribution < 1.29 is 31.5 Å². The maximum absolute atomic E-state index is 16.1. The van der Waals surface area contributed by atoms with E-state index in [4.69, 9.17) is 9.47 Å². The molecule has 1 aliphatic heterocycles. The highest BCUT2D eigenvalue weighted by Crippen LogP contribution is 2.41. The van der Waals surface area contributed by atoms with E-state index in [1.165, 1.54) is 23.5 Å². The SMILES string of the molecule is CCOC(=O)c1c(CCCOc2ccc(F)c3ccccc23)c2ccc(F)c3c2n1CCCS(=O)(=O)N(C)Cc1nn(C)c(C)c1-3. The van der Waals surface area contributed by atoms with Crippen LogP contribution in [0.5, 0.6) is 5.75 Å². The van der Waals surface area contributed by atoms with Crippen LogP contribution in [0.2, 0.25) is 0 Å². The lowest BCUT2D eigenvalue weighted by atomic mass is 9.97. The van der Waals surface area contributed by atoms with E-state index in [9.17, 15) is 17.6 Å². The van der Waals surface area contributed by atoms with E-state index < -0.39 is 21.8 Å². The number of fused-ring (bicyclic) bond motifs is 3.